The number of carbonyl (C=O) groups excluding carboxylic acids is 3. The number of anilines is 1. The predicted octanol–water partition coefficient (Wildman–Crippen LogP) is 4.96. The molecule has 3 aromatic rings. The molecule has 9 heteroatoms. The molecule has 3 atom stereocenters. The summed E-state index contributed by atoms with van der Waals surface area (Å²) in [6.45, 7) is 0.685. The maximum atomic E-state index is 14.3. The van der Waals surface area contributed by atoms with Crippen LogP contribution in [-0.4, -0.2) is 60.6 Å². The van der Waals surface area contributed by atoms with Crippen LogP contribution in [0.15, 0.2) is 66.7 Å². The van der Waals surface area contributed by atoms with Crippen LogP contribution in [0.25, 0.3) is 0 Å². The Morgan fingerprint density at radius 3 is 2.54 bits per heavy atom. The summed E-state index contributed by atoms with van der Waals surface area (Å²) in [5.41, 5.74) is 3.52. The Morgan fingerprint density at radius 1 is 0.976 bits per heavy atom. The number of rotatable bonds is 6. The fourth-order valence-corrected chi connectivity index (χ4v) is 6.52. The number of nitrogens with zero attached hydrogens (tertiary/aromatic N) is 2. The van der Waals surface area contributed by atoms with E-state index >= 15 is 0 Å². The van der Waals surface area contributed by atoms with Crippen molar-refractivity contribution >= 4 is 23.6 Å². The highest BCUT2D eigenvalue weighted by Crippen LogP contribution is 2.48. The van der Waals surface area contributed by atoms with Gasteiger partial charge >= 0.3 is 6.09 Å². The van der Waals surface area contributed by atoms with Crippen molar-refractivity contribution < 1.29 is 28.6 Å². The minimum absolute atomic E-state index is 0.0458. The standard InChI is InChI=1S/C32H33N3O6/c1-39-22-17-21-15-16-34-29(28(21)27(18-22)40-2)25-13-8-14-26(31(34)37)35(25)30(36)23-11-6-7-12-24(23)33-32(38)41-19-20-9-4-3-5-10-20/h3-7,9-12,17-18,25-26,29H,8,13-16,19H2,1-2H3,(H,33,38). The molecule has 3 aromatic carbocycles. The Kier molecular flexibility index (Phi) is 7.26. The number of nitrogens with one attached hydrogen (secondary N) is 1. The van der Waals surface area contributed by atoms with Crippen molar-refractivity contribution in [3.05, 3.63) is 89.0 Å². The van der Waals surface area contributed by atoms with E-state index in [9.17, 15) is 14.4 Å². The lowest BCUT2D eigenvalue weighted by Crippen LogP contribution is -2.67. The number of amides is 3. The Labute approximate surface area is 239 Å². The van der Waals surface area contributed by atoms with E-state index in [4.69, 9.17) is 14.2 Å². The molecule has 6 rings (SSSR count). The van der Waals surface area contributed by atoms with Gasteiger partial charge in [0.1, 0.15) is 24.1 Å². The number of carbonyl (C=O) groups is 3. The third-order valence-electron chi connectivity index (χ3n) is 8.36. The minimum atomic E-state index is -0.657. The number of para-hydroxylation sites is 1. The zero-order chi connectivity index (χ0) is 28.5. The van der Waals surface area contributed by atoms with E-state index in [0.717, 1.165) is 29.5 Å². The van der Waals surface area contributed by atoms with Crippen LogP contribution in [0.1, 0.15) is 52.4 Å². The number of benzene rings is 3. The zero-order valence-electron chi connectivity index (χ0n) is 23.2. The lowest BCUT2D eigenvalue weighted by Gasteiger charge is -2.55. The molecule has 0 saturated carbocycles. The largest absolute Gasteiger partial charge is 0.497 e. The minimum Gasteiger partial charge on any atom is -0.497 e. The molecule has 2 fully saturated rings. The molecule has 1 N–H and O–H groups in total. The highest BCUT2D eigenvalue weighted by atomic mass is 16.5. The third-order valence-corrected chi connectivity index (χ3v) is 8.36. The van der Waals surface area contributed by atoms with Crippen molar-refractivity contribution in [2.45, 2.75) is 50.4 Å². The van der Waals surface area contributed by atoms with Gasteiger partial charge < -0.3 is 24.0 Å². The Hall–Kier alpha value is -4.53. The Bertz CT molecular complexity index is 1460. The molecule has 2 bridgehead atoms. The van der Waals surface area contributed by atoms with Gasteiger partial charge in [0.15, 0.2) is 0 Å². The average molecular weight is 556 g/mol. The number of hydrogen-bond acceptors (Lipinski definition) is 6. The van der Waals surface area contributed by atoms with Gasteiger partial charge in [-0.05, 0) is 55.0 Å². The molecule has 3 aliphatic rings. The van der Waals surface area contributed by atoms with E-state index in [0.29, 0.717) is 42.1 Å². The number of methoxy groups -OCH3 is 2. The van der Waals surface area contributed by atoms with Crippen molar-refractivity contribution in [3.63, 3.8) is 0 Å². The molecule has 0 aliphatic carbocycles. The van der Waals surface area contributed by atoms with E-state index < -0.39 is 12.1 Å². The first-order valence-corrected chi connectivity index (χ1v) is 13.9. The highest BCUT2D eigenvalue weighted by Gasteiger charge is 2.53. The highest BCUT2D eigenvalue weighted by molar-refractivity contribution is 6.05. The van der Waals surface area contributed by atoms with Gasteiger partial charge in [0.25, 0.3) is 5.91 Å². The first-order valence-electron chi connectivity index (χ1n) is 13.9. The van der Waals surface area contributed by atoms with Crippen molar-refractivity contribution in [2.75, 3.05) is 26.1 Å². The SMILES string of the molecule is COc1cc2c(c(OC)c1)C1C3CCCC(C(=O)N1CC2)N3C(=O)c1ccccc1NC(=O)OCc1ccccc1. The number of piperazine rings is 1. The summed E-state index contributed by atoms with van der Waals surface area (Å²) in [5, 5.41) is 2.74. The van der Waals surface area contributed by atoms with Crippen LogP contribution in [0.4, 0.5) is 10.5 Å². The zero-order valence-corrected chi connectivity index (χ0v) is 23.2. The van der Waals surface area contributed by atoms with E-state index in [1.54, 1.807) is 43.4 Å². The summed E-state index contributed by atoms with van der Waals surface area (Å²) in [5.74, 6) is 1.02. The molecular weight excluding hydrogens is 522 g/mol. The molecule has 3 aliphatic heterocycles. The first-order chi connectivity index (χ1) is 20.0. The normalized spacial score (nSPS) is 20.9. The van der Waals surface area contributed by atoms with Crippen LogP contribution in [0.2, 0.25) is 0 Å². The smallest absolute Gasteiger partial charge is 0.411 e. The summed E-state index contributed by atoms with van der Waals surface area (Å²) in [4.78, 5) is 44.6. The summed E-state index contributed by atoms with van der Waals surface area (Å²) >= 11 is 0. The number of fused-ring (bicyclic) bond motifs is 6. The van der Waals surface area contributed by atoms with Gasteiger partial charge in [-0.3, -0.25) is 14.9 Å². The van der Waals surface area contributed by atoms with Gasteiger partial charge in [0.05, 0.1) is 37.6 Å². The molecule has 3 unspecified atom stereocenters. The van der Waals surface area contributed by atoms with Gasteiger partial charge in [0, 0.05) is 18.2 Å². The molecule has 212 valence electrons. The second-order valence-electron chi connectivity index (χ2n) is 10.6. The summed E-state index contributed by atoms with van der Waals surface area (Å²) in [6, 6.07) is 19.0. The van der Waals surface area contributed by atoms with Crippen LogP contribution in [0.3, 0.4) is 0 Å². The van der Waals surface area contributed by atoms with Gasteiger partial charge in [-0.2, -0.15) is 0 Å². The van der Waals surface area contributed by atoms with Crippen LogP contribution in [-0.2, 0) is 22.6 Å². The quantitative estimate of drug-likeness (QED) is 0.462. The third kappa shape index (κ3) is 4.85. The second-order valence-corrected chi connectivity index (χ2v) is 10.6. The maximum absolute atomic E-state index is 14.3. The van der Waals surface area contributed by atoms with Crippen LogP contribution >= 0.6 is 0 Å². The molecule has 9 nitrogen and oxygen atoms in total. The van der Waals surface area contributed by atoms with Gasteiger partial charge in [-0.25, -0.2) is 4.79 Å². The van der Waals surface area contributed by atoms with Crippen molar-refractivity contribution in [1.82, 2.24) is 9.80 Å². The van der Waals surface area contributed by atoms with Gasteiger partial charge in [-0.15, -0.1) is 0 Å². The van der Waals surface area contributed by atoms with E-state index in [1.165, 1.54) is 0 Å². The monoisotopic (exact) mass is 555 g/mol. The van der Waals surface area contributed by atoms with Crippen molar-refractivity contribution in [3.8, 4) is 11.5 Å². The Balaban J connectivity index is 1.31. The average Bonchev–Trinajstić information content (AvgIpc) is 3.01. The number of ether oxygens (including phenoxy) is 3. The van der Waals surface area contributed by atoms with Crippen LogP contribution in [0.5, 0.6) is 11.5 Å². The van der Waals surface area contributed by atoms with E-state index in [1.807, 2.05) is 47.4 Å². The molecule has 41 heavy (non-hydrogen) atoms. The van der Waals surface area contributed by atoms with E-state index in [2.05, 4.69) is 5.32 Å². The van der Waals surface area contributed by atoms with Gasteiger partial charge in [0.2, 0.25) is 5.91 Å². The van der Waals surface area contributed by atoms with Gasteiger partial charge in [-0.1, -0.05) is 42.5 Å². The van der Waals surface area contributed by atoms with Crippen molar-refractivity contribution in [1.29, 1.82) is 0 Å². The number of hydrogen-bond donors (Lipinski definition) is 1. The number of piperidine rings is 1. The van der Waals surface area contributed by atoms with Crippen LogP contribution in [0, 0.1) is 0 Å². The molecule has 0 aromatic heterocycles. The molecule has 3 heterocycles. The summed E-state index contributed by atoms with van der Waals surface area (Å²) in [6.07, 6.45) is 2.23. The fourth-order valence-electron chi connectivity index (χ4n) is 6.52. The predicted molar refractivity (Wildman–Crippen MR) is 152 cm³/mol. The Morgan fingerprint density at radius 2 is 1.76 bits per heavy atom. The topological polar surface area (TPSA) is 97.4 Å². The van der Waals surface area contributed by atoms with E-state index in [-0.39, 0.29) is 30.5 Å². The fraction of sp³-hybridized carbons (Fsp3) is 0.344. The lowest BCUT2D eigenvalue weighted by molar-refractivity contribution is -0.153. The lowest BCUT2D eigenvalue weighted by atomic mass is 9.77. The first kappa shape index (κ1) is 26.7. The molecule has 2 saturated heterocycles. The maximum Gasteiger partial charge on any atom is 0.411 e. The summed E-state index contributed by atoms with van der Waals surface area (Å²) in [7, 11) is 3.24. The molecule has 3 amide bonds. The molecule has 0 spiro atoms. The molecular formula is C32H33N3O6. The van der Waals surface area contributed by atoms with Crippen molar-refractivity contribution in [2.24, 2.45) is 0 Å². The second kappa shape index (κ2) is 11.2. The molecule has 0 radical (unpaired) electrons. The summed E-state index contributed by atoms with van der Waals surface area (Å²) < 4.78 is 16.7. The van der Waals surface area contributed by atoms with Crippen LogP contribution < -0.4 is 14.8 Å².